The topological polar surface area (TPSA) is 222 Å². The highest BCUT2D eigenvalue weighted by atomic mass is 16.6. The molecule has 15 heteroatoms. The second-order valence-corrected chi connectivity index (χ2v) is 13.1. The average molecular weight is 702 g/mol. The number of hydrogen-bond donors (Lipinski definition) is 4. The Hall–Kier alpha value is -5.15. The summed E-state index contributed by atoms with van der Waals surface area (Å²) in [5.74, 6) is -3.79. The minimum atomic E-state index is -1.97. The van der Waals surface area contributed by atoms with E-state index in [0.717, 1.165) is 48.1 Å². The summed E-state index contributed by atoms with van der Waals surface area (Å²) < 4.78 is 12.9. The number of fused-ring (bicyclic) bond motifs is 5. The van der Waals surface area contributed by atoms with Crippen LogP contribution in [0.15, 0.2) is 34.1 Å². The Morgan fingerprint density at radius 2 is 1.94 bits per heavy atom. The van der Waals surface area contributed by atoms with Crippen molar-refractivity contribution < 1.29 is 33.8 Å². The average Bonchev–Trinajstić information content (AvgIpc) is 3.49. The molecule has 0 aliphatic carbocycles. The highest BCUT2D eigenvalue weighted by Gasteiger charge is 2.50. The summed E-state index contributed by atoms with van der Waals surface area (Å²) in [6, 6.07) is 5.02. The van der Waals surface area contributed by atoms with E-state index in [4.69, 9.17) is 25.9 Å². The van der Waals surface area contributed by atoms with E-state index in [-0.39, 0.29) is 49.1 Å². The fraction of sp³-hybridized carbons (Fsp3) is 0.472. The molecule has 3 aliphatic rings. The van der Waals surface area contributed by atoms with Gasteiger partial charge < -0.3 is 40.8 Å². The van der Waals surface area contributed by atoms with E-state index in [1.807, 2.05) is 24.5 Å². The maximum atomic E-state index is 14.2. The van der Waals surface area contributed by atoms with Gasteiger partial charge in [0.1, 0.15) is 12.6 Å². The number of nitrogens with zero attached hydrogens (tertiary/aromatic N) is 4. The minimum Gasteiger partial charge on any atom is -0.480 e. The van der Waals surface area contributed by atoms with Crippen LogP contribution in [0.2, 0.25) is 0 Å². The summed E-state index contributed by atoms with van der Waals surface area (Å²) in [6.07, 6.45) is 4.80. The molecule has 0 saturated heterocycles. The van der Waals surface area contributed by atoms with Gasteiger partial charge in [0.15, 0.2) is 0 Å². The molecule has 3 atom stereocenters. The highest BCUT2D eigenvalue weighted by Crippen LogP contribution is 2.47. The largest absolute Gasteiger partial charge is 0.480 e. The Balaban J connectivity index is 1.33. The molecule has 0 radical (unpaired) electrons. The number of carbonyl (C=O) groups excluding carboxylic acids is 3. The number of ether oxygens (including phenoxy) is 2. The molecule has 0 fully saturated rings. The first-order chi connectivity index (χ1) is 24.5. The number of benzene rings is 1. The Kier molecular flexibility index (Phi) is 10.2. The summed E-state index contributed by atoms with van der Waals surface area (Å²) in [7, 11) is 0. The van der Waals surface area contributed by atoms with Gasteiger partial charge in [0, 0.05) is 24.1 Å². The van der Waals surface area contributed by atoms with E-state index >= 15 is 0 Å². The van der Waals surface area contributed by atoms with Gasteiger partial charge in [-0.25, -0.2) is 19.6 Å². The molecule has 1 aromatic carbocycles. The molecule has 6 N–H and O–H groups in total. The summed E-state index contributed by atoms with van der Waals surface area (Å²) in [5, 5.41) is 13.0. The van der Waals surface area contributed by atoms with Crippen molar-refractivity contribution in [2.45, 2.75) is 96.1 Å². The van der Waals surface area contributed by atoms with Crippen molar-refractivity contribution in [2.75, 3.05) is 18.0 Å². The van der Waals surface area contributed by atoms with E-state index in [2.05, 4.69) is 22.1 Å². The van der Waals surface area contributed by atoms with Gasteiger partial charge in [0.25, 0.3) is 5.56 Å². The molecule has 0 saturated carbocycles. The Labute approximate surface area is 294 Å². The zero-order valence-corrected chi connectivity index (χ0v) is 28.8. The highest BCUT2D eigenvalue weighted by molar-refractivity contribution is 6.11. The third kappa shape index (κ3) is 6.47. The van der Waals surface area contributed by atoms with Crippen molar-refractivity contribution in [3.63, 3.8) is 0 Å². The summed E-state index contributed by atoms with van der Waals surface area (Å²) >= 11 is 0. The molecule has 1 amide bonds. The number of aliphatic carboxylic acids is 1. The van der Waals surface area contributed by atoms with E-state index in [9.17, 15) is 29.1 Å². The number of nitrogens with one attached hydrogen (secondary N) is 1. The van der Waals surface area contributed by atoms with Crippen LogP contribution in [0.1, 0.15) is 81.9 Å². The van der Waals surface area contributed by atoms with E-state index in [0.29, 0.717) is 29.9 Å². The smallest absolute Gasteiger partial charge is 0.355 e. The normalized spacial score (nSPS) is 18.0. The maximum Gasteiger partial charge on any atom is 0.355 e. The zero-order valence-electron chi connectivity index (χ0n) is 28.8. The number of cyclic esters (lactones) is 1. The molecule has 51 heavy (non-hydrogen) atoms. The number of unbranched alkanes of at least 4 members (excludes halogenated alkanes) is 2. The van der Waals surface area contributed by atoms with Gasteiger partial charge in [0.2, 0.25) is 11.5 Å². The number of carbonyl (C=O) groups is 4. The van der Waals surface area contributed by atoms with Gasteiger partial charge in [0.05, 0.1) is 58.2 Å². The molecule has 5 heterocycles. The van der Waals surface area contributed by atoms with Crippen molar-refractivity contribution in [2.24, 2.45) is 16.5 Å². The van der Waals surface area contributed by atoms with E-state index < -0.39 is 47.9 Å². The van der Waals surface area contributed by atoms with Gasteiger partial charge in [-0.2, -0.15) is 0 Å². The standard InChI is InChI=1S/C36H43N7O8/c1-3-5-6-15-42-19-39-24-10-7-11-25-29(24)31(42)20-17-43-27(30(20)40-25)16-22-21(33(43)46)18-50-35(49)36(22,4-2)51-28(44)13-12-26(34(47)48)41-32(45)23(38)9-8-14-37/h7,10-11,16,19,23,26H,3-6,8-9,12-15,17-18,37-38H2,1-2H3,(H,41,45)(H,47,48)/t23-,26-,36-/m0/s1. The molecule has 15 nitrogen and oxygen atoms in total. The molecule has 3 aromatic rings. The zero-order chi connectivity index (χ0) is 36.4. The quantitative estimate of drug-likeness (QED) is 0.104. The Morgan fingerprint density at radius 3 is 2.67 bits per heavy atom. The first-order valence-corrected chi connectivity index (χ1v) is 17.5. The van der Waals surface area contributed by atoms with Gasteiger partial charge in [-0.05, 0) is 56.8 Å². The predicted octanol–water partition coefficient (Wildman–Crippen LogP) is 2.72. The predicted molar refractivity (Wildman–Crippen MR) is 188 cm³/mol. The van der Waals surface area contributed by atoms with Crippen LogP contribution in [0.5, 0.6) is 0 Å². The first-order valence-electron chi connectivity index (χ1n) is 17.5. The lowest BCUT2D eigenvalue weighted by molar-refractivity contribution is -0.189. The molecule has 2 aromatic heterocycles. The van der Waals surface area contributed by atoms with Crippen LogP contribution in [0.4, 0.5) is 11.4 Å². The molecule has 270 valence electrons. The molecular weight excluding hydrogens is 658 g/mol. The minimum absolute atomic E-state index is 0.0587. The van der Waals surface area contributed by atoms with Gasteiger partial charge in [-0.1, -0.05) is 32.8 Å². The summed E-state index contributed by atoms with van der Waals surface area (Å²) in [4.78, 5) is 77.3. The number of anilines is 1. The first kappa shape index (κ1) is 35.7. The van der Waals surface area contributed by atoms with Gasteiger partial charge >= 0.3 is 17.9 Å². The number of pyridine rings is 2. The lowest BCUT2D eigenvalue weighted by Gasteiger charge is -2.35. The van der Waals surface area contributed by atoms with Gasteiger partial charge in [-0.3, -0.25) is 14.4 Å². The van der Waals surface area contributed by atoms with Crippen molar-refractivity contribution in [3.8, 4) is 11.4 Å². The van der Waals surface area contributed by atoms with Crippen LogP contribution < -0.4 is 27.2 Å². The fourth-order valence-electron chi connectivity index (χ4n) is 7.07. The number of esters is 2. The van der Waals surface area contributed by atoms with Crippen LogP contribution >= 0.6 is 0 Å². The lowest BCUT2D eigenvalue weighted by atomic mass is 9.85. The molecular formula is C36H43N7O8. The number of amides is 1. The summed E-state index contributed by atoms with van der Waals surface area (Å²) in [5.41, 5.74) is 13.7. The van der Waals surface area contributed by atoms with Crippen molar-refractivity contribution in [1.29, 1.82) is 0 Å². The Bertz CT molecular complexity index is 1990. The molecule has 3 aliphatic heterocycles. The number of rotatable bonds is 15. The second kappa shape index (κ2) is 14.6. The van der Waals surface area contributed by atoms with Crippen molar-refractivity contribution >= 4 is 52.4 Å². The van der Waals surface area contributed by atoms with E-state index in [1.165, 1.54) is 0 Å². The number of aromatic nitrogens is 2. The SMILES string of the molecule is CCCCCN1C=Nc2cccc3nc4c(c1c23)Cn1c-4cc2c(c1=O)COC(=O)[C@@]2(CC)OC(=O)CC[C@H](NC(=O)[C@@H](N)CCCN)C(=O)O. The number of hydrogen-bond acceptors (Lipinski definition) is 12. The number of carboxylic acids is 1. The monoisotopic (exact) mass is 701 g/mol. The summed E-state index contributed by atoms with van der Waals surface area (Å²) in [6.45, 7) is 4.78. The number of aliphatic imine (C=N–C) groups is 1. The van der Waals surface area contributed by atoms with Crippen LogP contribution in [-0.2, 0) is 47.4 Å². The maximum absolute atomic E-state index is 14.2. The number of carboxylic acid groups (broad SMARTS) is 1. The van der Waals surface area contributed by atoms with Crippen LogP contribution in [0.3, 0.4) is 0 Å². The van der Waals surface area contributed by atoms with Crippen molar-refractivity contribution in [3.05, 3.63) is 51.3 Å². The second-order valence-electron chi connectivity index (χ2n) is 13.1. The number of nitrogens with two attached hydrogens (primary N) is 2. The molecule has 0 unspecified atom stereocenters. The Morgan fingerprint density at radius 1 is 1.14 bits per heavy atom. The third-order valence-electron chi connectivity index (χ3n) is 9.85. The van der Waals surface area contributed by atoms with Crippen LogP contribution in [0.25, 0.3) is 22.3 Å². The van der Waals surface area contributed by atoms with E-state index in [1.54, 1.807) is 17.6 Å². The third-order valence-corrected chi connectivity index (χ3v) is 9.85. The fourth-order valence-corrected chi connectivity index (χ4v) is 7.07. The van der Waals surface area contributed by atoms with Crippen LogP contribution in [0, 0.1) is 0 Å². The molecule has 0 bridgehead atoms. The molecule has 0 spiro atoms. The van der Waals surface area contributed by atoms with Crippen LogP contribution in [-0.4, -0.2) is 70.0 Å². The molecule has 6 rings (SSSR count). The lowest BCUT2D eigenvalue weighted by Crippen LogP contribution is -2.49. The van der Waals surface area contributed by atoms with Crippen molar-refractivity contribution in [1.82, 2.24) is 14.9 Å². The van der Waals surface area contributed by atoms with Gasteiger partial charge in [-0.15, -0.1) is 0 Å².